The summed E-state index contributed by atoms with van der Waals surface area (Å²) in [5.74, 6) is 0.219. The maximum absolute atomic E-state index is 12.6. The second-order valence-electron chi connectivity index (χ2n) is 6.03. The molecule has 0 radical (unpaired) electrons. The largest absolute Gasteiger partial charge is 0.479 e. The summed E-state index contributed by atoms with van der Waals surface area (Å²) < 4.78 is 9.06. The molecule has 0 bridgehead atoms. The molecule has 3 aromatic rings. The van der Waals surface area contributed by atoms with Crippen LogP contribution in [0, 0.1) is 0 Å². The number of fused-ring (bicyclic) bond motifs is 2. The van der Waals surface area contributed by atoms with Crippen molar-refractivity contribution in [2.45, 2.75) is 13.0 Å². The Balaban J connectivity index is 1.64. The minimum atomic E-state index is -0.518. The molecule has 0 fully saturated rings. The molecule has 1 N–H and O–H groups in total. The summed E-state index contributed by atoms with van der Waals surface area (Å²) in [6.45, 7) is 1.71. The molecule has 1 aliphatic rings. The van der Waals surface area contributed by atoms with Gasteiger partial charge >= 0.3 is 0 Å². The van der Waals surface area contributed by atoms with Crippen molar-refractivity contribution < 1.29 is 14.3 Å². The van der Waals surface area contributed by atoms with Crippen LogP contribution >= 0.6 is 0 Å². The summed E-state index contributed by atoms with van der Waals surface area (Å²) in [5, 5.41) is 7.02. The molecule has 128 valence electrons. The van der Waals surface area contributed by atoms with E-state index in [0.717, 1.165) is 0 Å². The molecule has 4 rings (SSSR count). The Hall–Kier alpha value is -3.29. The van der Waals surface area contributed by atoms with Gasteiger partial charge in [-0.25, -0.2) is 4.52 Å². The SMILES string of the molecule is CC1Oc2ccc(NC(=O)c3cnn4ccn(C)c34)cc2N(C)C1=O. The van der Waals surface area contributed by atoms with Crippen molar-refractivity contribution in [3.8, 4) is 5.75 Å². The molecular weight excluding hydrogens is 322 g/mol. The molecule has 2 aromatic heterocycles. The molecule has 25 heavy (non-hydrogen) atoms. The third-order valence-corrected chi connectivity index (χ3v) is 4.34. The Bertz CT molecular complexity index is 1000. The van der Waals surface area contributed by atoms with Crippen molar-refractivity contribution in [2.75, 3.05) is 17.3 Å². The van der Waals surface area contributed by atoms with Crippen LogP contribution in [-0.2, 0) is 11.8 Å². The number of benzene rings is 1. The van der Waals surface area contributed by atoms with Gasteiger partial charge in [0.15, 0.2) is 6.10 Å². The number of likely N-dealkylation sites (N-methyl/N-ethyl adjacent to an activating group) is 1. The number of anilines is 2. The summed E-state index contributed by atoms with van der Waals surface area (Å²) in [7, 11) is 3.54. The van der Waals surface area contributed by atoms with E-state index < -0.39 is 6.10 Å². The van der Waals surface area contributed by atoms with Gasteiger partial charge in [-0.05, 0) is 25.1 Å². The highest BCUT2D eigenvalue weighted by molar-refractivity contribution is 6.09. The van der Waals surface area contributed by atoms with Gasteiger partial charge in [-0.3, -0.25) is 9.59 Å². The van der Waals surface area contributed by atoms with Gasteiger partial charge in [0.05, 0.1) is 11.9 Å². The lowest BCUT2D eigenvalue weighted by Gasteiger charge is -2.30. The van der Waals surface area contributed by atoms with E-state index in [4.69, 9.17) is 4.74 Å². The summed E-state index contributed by atoms with van der Waals surface area (Å²) in [6.07, 6.45) is 4.63. The summed E-state index contributed by atoms with van der Waals surface area (Å²) in [5.41, 5.74) is 2.38. The van der Waals surface area contributed by atoms with Gasteiger partial charge in [0.25, 0.3) is 11.8 Å². The van der Waals surface area contributed by atoms with E-state index in [0.29, 0.717) is 28.3 Å². The molecular formula is C17H17N5O3. The fraction of sp³-hybridized carbons (Fsp3) is 0.235. The molecule has 8 nitrogen and oxygen atoms in total. The number of nitrogens with zero attached hydrogens (tertiary/aromatic N) is 4. The number of aromatic nitrogens is 3. The predicted octanol–water partition coefficient (Wildman–Crippen LogP) is 1.67. The van der Waals surface area contributed by atoms with Crippen LogP contribution in [-0.4, -0.2) is 39.1 Å². The van der Waals surface area contributed by atoms with E-state index in [1.807, 2.05) is 17.8 Å². The van der Waals surface area contributed by atoms with Gasteiger partial charge in [0.2, 0.25) is 0 Å². The van der Waals surface area contributed by atoms with E-state index >= 15 is 0 Å². The lowest BCUT2D eigenvalue weighted by molar-refractivity contribution is -0.125. The van der Waals surface area contributed by atoms with Crippen molar-refractivity contribution in [1.82, 2.24) is 14.2 Å². The Morgan fingerprint density at radius 2 is 2.08 bits per heavy atom. The molecule has 2 amide bonds. The van der Waals surface area contributed by atoms with Crippen molar-refractivity contribution in [2.24, 2.45) is 7.05 Å². The maximum Gasteiger partial charge on any atom is 0.267 e. The topological polar surface area (TPSA) is 80.9 Å². The van der Waals surface area contributed by atoms with Gasteiger partial charge in [-0.1, -0.05) is 0 Å². The lowest BCUT2D eigenvalue weighted by Crippen LogP contribution is -2.41. The monoisotopic (exact) mass is 339 g/mol. The smallest absolute Gasteiger partial charge is 0.267 e. The van der Waals surface area contributed by atoms with Gasteiger partial charge < -0.3 is 19.5 Å². The third kappa shape index (κ3) is 2.34. The molecule has 8 heteroatoms. The Morgan fingerprint density at radius 3 is 2.88 bits per heavy atom. The van der Waals surface area contributed by atoms with Crippen LogP contribution in [0.1, 0.15) is 17.3 Å². The first-order valence-corrected chi connectivity index (χ1v) is 7.84. The molecule has 1 aliphatic heterocycles. The Morgan fingerprint density at radius 1 is 1.28 bits per heavy atom. The molecule has 0 aliphatic carbocycles. The summed E-state index contributed by atoms with van der Waals surface area (Å²) in [6, 6.07) is 5.22. The van der Waals surface area contributed by atoms with Gasteiger partial charge in [0, 0.05) is 32.2 Å². The quantitative estimate of drug-likeness (QED) is 0.770. The summed E-state index contributed by atoms with van der Waals surface area (Å²) in [4.78, 5) is 26.2. The number of hydrogen-bond acceptors (Lipinski definition) is 4. The molecule has 3 heterocycles. The zero-order chi connectivity index (χ0) is 17.7. The number of ether oxygens (including phenoxy) is 1. The van der Waals surface area contributed by atoms with Crippen LogP contribution in [0.3, 0.4) is 0 Å². The van der Waals surface area contributed by atoms with Crippen LogP contribution in [0.4, 0.5) is 11.4 Å². The number of hydrogen-bond donors (Lipinski definition) is 1. The second-order valence-corrected chi connectivity index (χ2v) is 6.03. The molecule has 1 atom stereocenters. The Labute approximate surface area is 143 Å². The molecule has 0 saturated heterocycles. The number of aryl methyl sites for hydroxylation is 1. The van der Waals surface area contributed by atoms with E-state index in [2.05, 4.69) is 10.4 Å². The van der Waals surface area contributed by atoms with Crippen LogP contribution in [0.15, 0.2) is 36.8 Å². The van der Waals surface area contributed by atoms with E-state index in [1.54, 1.807) is 42.9 Å². The number of rotatable bonds is 2. The third-order valence-electron chi connectivity index (χ3n) is 4.34. The number of carbonyl (C=O) groups excluding carboxylic acids is 2. The van der Waals surface area contributed by atoms with Crippen LogP contribution < -0.4 is 15.0 Å². The van der Waals surface area contributed by atoms with E-state index in [-0.39, 0.29) is 11.8 Å². The first-order chi connectivity index (χ1) is 12.0. The number of carbonyl (C=O) groups is 2. The van der Waals surface area contributed by atoms with E-state index in [9.17, 15) is 9.59 Å². The van der Waals surface area contributed by atoms with Gasteiger partial charge in [-0.2, -0.15) is 5.10 Å². The summed E-state index contributed by atoms with van der Waals surface area (Å²) >= 11 is 0. The average molecular weight is 339 g/mol. The highest BCUT2D eigenvalue weighted by Crippen LogP contribution is 2.35. The van der Waals surface area contributed by atoms with Crippen molar-refractivity contribution in [3.63, 3.8) is 0 Å². The lowest BCUT2D eigenvalue weighted by atomic mass is 10.1. The standard InChI is InChI=1S/C17H17N5O3/c1-10-17(24)21(3)13-8-11(4-5-14(13)25-10)19-15(23)12-9-18-22-7-6-20(2)16(12)22/h4-10H,1-3H3,(H,19,23). The highest BCUT2D eigenvalue weighted by atomic mass is 16.5. The molecule has 0 spiro atoms. The maximum atomic E-state index is 12.6. The Kier molecular flexibility index (Phi) is 3.28. The first-order valence-electron chi connectivity index (χ1n) is 7.84. The minimum absolute atomic E-state index is 0.127. The molecule has 0 saturated carbocycles. The van der Waals surface area contributed by atoms with E-state index in [1.165, 1.54) is 11.1 Å². The van der Waals surface area contributed by atoms with Crippen molar-refractivity contribution >= 4 is 28.8 Å². The first kappa shape index (κ1) is 15.3. The number of imidazole rings is 1. The molecule has 1 unspecified atom stereocenters. The second kappa shape index (κ2) is 5.37. The van der Waals surface area contributed by atoms with Crippen LogP contribution in [0.5, 0.6) is 5.75 Å². The van der Waals surface area contributed by atoms with Crippen molar-refractivity contribution in [3.05, 3.63) is 42.4 Å². The fourth-order valence-electron chi connectivity index (χ4n) is 3.00. The number of nitrogens with one attached hydrogen (secondary N) is 1. The number of amides is 2. The van der Waals surface area contributed by atoms with Crippen molar-refractivity contribution in [1.29, 1.82) is 0 Å². The zero-order valence-electron chi connectivity index (χ0n) is 14.1. The van der Waals surface area contributed by atoms with Gasteiger partial charge in [0.1, 0.15) is 17.0 Å². The zero-order valence-corrected chi connectivity index (χ0v) is 14.1. The highest BCUT2D eigenvalue weighted by Gasteiger charge is 2.29. The average Bonchev–Trinajstić information content (AvgIpc) is 3.17. The fourth-order valence-corrected chi connectivity index (χ4v) is 3.00. The normalized spacial score (nSPS) is 16.7. The van der Waals surface area contributed by atoms with Crippen LogP contribution in [0.2, 0.25) is 0 Å². The predicted molar refractivity (Wildman–Crippen MR) is 92.1 cm³/mol. The molecule has 1 aromatic carbocycles. The van der Waals surface area contributed by atoms with Gasteiger partial charge in [-0.15, -0.1) is 0 Å². The van der Waals surface area contributed by atoms with Crippen LogP contribution in [0.25, 0.3) is 5.65 Å². The minimum Gasteiger partial charge on any atom is -0.479 e.